The van der Waals surface area contributed by atoms with E-state index in [9.17, 15) is 14.7 Å². The molecule has 1 saturated heterocycles. The van der Waals surface area contributed by atoms with E-state index in [1.165, 1.54) is 11.3 Å². The number of likely N-dealkylation sites (tertiary alicyclic amines) is 1. The first-order valence-electron chi connectivity index (χ1n) is 7.72. The summed E-state index contributed by atoms with van der Waals surface area (Å²) in [7, 11) is 0. The number of carbonyl (C=O) groups is 2. The molecule has 0 saturated carbocycles. The maximum Gasteiger partial charge on any atom is 0.326 e. The molecule has 0 unspecified atom stereocenters. The molecule has 0 radical (unpaired) electrons. The van der Waals surface area contributed by atoms with Crippen LogP contribution in [0.3, 0.4) is 0 Å². The summed E-state index contributed by atoms with van der Waals surface area (Å²) in [5.41, 5.74) is -0.0120. The number of nitrogens with zero attached hydrogens (tertiary/aromatic N) is 1. The first kappa shape index (κ1) is 17.8. The summed E-state index contributed by atoms with van der Waals surface area (Å²) in [4.78, 5) is 24.4. The Bertz CT molecular complexity index is 371. The van der Waals surface area contributed by atoms with Crippen molar-refractivity contribution in [2.75, 3.05) is 13.1 Å². The van der Waals surface area contributed by atoms with Gasteiger partial charge in [-0.15, -0.1) is 0 Å². The molecule has 21 heavy (non-hydrogen) atoms. The molecule has 0 spiro atoms. The Kier molecular flexibility index (Phi) is 6.45. The van der Waals surface area contributed by atoms with Gasteiger partial charge in [0.1, 0.15) is 6.04 Å². The molecule has 0 aromatic carbocycles. The molecule has 0 aromatic rings. The maximum absolute atomic E-state index is 12.1. The average Bonchev–Trinajstić information content (AvgIpc) is 2.79. The minimum atomic E-state index is -1.07. The number of aliphatic hydroxyl groups is 1. The van der Waals surface area contributed by atoms with Crippen LogP contribution in [-0.4, -0.2) is 52.3 Å². The van der Waals surface area contributed by atoms with Crippen LogP contribution in [-0.2, 0) is 4.79 Å². The SMILES string of the molecule is CCCCCC(C)(C)CNC(=O)N1C[C@@H](O)C[C@H]1C(=O)O. The summed E-state index contributed by atoms with van der Waals surface area (Å²) in [6, 6.07) is -1.33. The largest absolute Gasteiger partial charge is 0.480 e. The molecule has 1 aliphatic heterocycles. The highest BCUT2D eigenvalue weighted by Gasteiger charge is 2.39. The summed E-state index contributed by atoms with van der Waals surface area (Å²) in [6.07, 6.45) is 3.83. The molecule has 122 valence electrons. The predicted molar refractivity (Wildman–Crippen MR) is 80.1 cm³/mol. The lowest BCUT2D eigenvalue weighted by Gasteiger charge is -2.28. The Balaban J connectivity index is 2.47. The van der Waals surface area contributed by atoms with Crippen LogP contribution in [0, 0.1) is 5.41 Å². The fourth-order valence-corrected chi connectivity index (χ4v) is 2.63. The average molecular weight is 300 g/mol. The molecule has 0 aliphatic carbocycles. The summed E-state index contributed by atoms with van der Waals surface area (Å²) in [5.74, 6) is -1.07. The number of carboxylic acid groups (broad SMARTS) is 1. The van der Waals surface area contributed by atoms with Crippen LogP contribution in [0.25, 0.3) is 0 Å². The summed E-state index contributed by atoms with van der Waals surface area (Å²) < 4.78 is 0. The van der Waals surface area contributed by atoms with Crippen molar-refractivity contribution in [3.05, 3.63) is 0 Å². The highest BCUT2D eigenvalue weighted by Crippen LogP contribution is 2.23. The molecular formula is C15H28N2O4. The van der Waals surface area contributed by atoms with Gasteiger partial charge in [0.25, 0.3) is 0 Å². The van der Waals surface area contributed by atoms with Crippen molar-refractivity contribution in [2.45, 2.75) is 65.0 Å². The van der Waals surface area contributed by atoms with Gasteiger partial charge in [0, 0.05) is 19.5 Å². The van der Waals surface area contributed by atoms with Crippen molar-refractivity contribution in [1.82, 2.24) is 10.2 Å². The van der Waals surface area contributed by atoms with Gasteiger partial charge in [-0.1, -0.05) is 40.0 Å². The Labute approximate surface area is 126 Å². The zero-order chi connectivity index (χ0) is 16.0. The van der Waals surface area contributed by atoms with E-state index in [1.54, 1.807) is 0 Å². The van der Waals surface area contributed by atoms with E-state index in [0.29, 0.717) is 6.54 Å². The Hall–Kier alpha value is -1.30. The third-order valence-electron chi connectivity index (χ3n) is 4.00. The van der Waals surface area contributed by atoms with Crippen molar-refractivity contribution < 1.29 is 19.8 Å². The lowest BCUT2D eigenvalue weighted by molar-refractivity contribution is -0.141. The minimum absolute atomic E-state index is 0.0120. The number of carboxylic acids is 1. The van der Waals surface area contributed by atoms with E-state index in [2.05, 4.69) is 26.1 Å². The Morgan fingerprint density at radius 3 is 2.57 bits per heavy atom. The fraction of sp³-hybridized carbons (Fsp3) is 0.867. The van der Waals surface area contributed by atoms with Crippen molar-refractivity contribution in [3.8, 4) is 0 Å². The number of hydrogen-bond acceptors (Lipinski definition) is 3. The van der Waals surface area contributed by atoms with Gasteiger partial charge in [-0.05, 0) is 11.8 Å². The van der Waals surface area contributed by atoms with Crippen LogP contribution in [0.5, 0.6) is 0 Å². The third-order valence-corrected chi connectivity index (χ3v) is 4.00. The summed E-state index contributed by atoms with van der Waals surface area (Å²) in [5, 5.41) is 21.5. The standard InChI is InChI=1S/C15H28N2O4/c1-4-5-6-7-15(2,3)10-16-14(21)17-9-11(18)8-12(17)13(19)20/h11-12,18H,4-10H2,1-3H3,(H,16,21)(H,19,20)/t11-,12-/m0/s1. The van der Waals surface area contributed by atoms with E-state index in [1.807, 2.05) is 0 Å². The van der Waals surface area contributed by atoms with Crippen molar-refractivity contribution in [2.24, 2.45) is 5.41 Å². The number of rotatable bonds is 7. The van der Waals surface area contributed by atoms with E-state index >= 15 is 0 Å². The van der Waals surface area contributed by atoms with Gasteiger partial charge in [-0.3, -0.25) is 0 Å². The zero-order valence-electron chi connectivity index (χ0n) is 13.3. The molecule has 0 aromatic heterocycles. The number of carbonyl (C=O) groups excluding carboxylic acids is 1. The number of aliphatic hydroxyl groups excluding tert-OH is 1. The van der Waals surface area contributed by atoms with Crippen LogP contribution in [0.4, 0.5) is 4.79 Å². The van der Waals surface area contributed by atoms with Gasteiger partial charge >= 0.3 is 12.0 Å². The molecule has 1 fully saturated rings. The molecule has 0 bridgehead atoms. The van der Waals surface area contributed by atoms with Crippen molar-refractivity contribution in [3.63, 3.8) is 0 Å². The molecule has 6 nitrogen and oxygen atoms in total. The summed E-state index contributed by atoms with van der Waals surface area (Å²) >= 11 is 0. The number of hydrogen-bond donors (Lipinski definition) is 3. The van der Waals surface area contributed by atoms with Gasteiger partial charge in [-0.2, -0.15) is 0 Å². The highest BCUT2D eigenvalue weighted by atomic mass is 16.4. The van der Waals surface area contributed by atoms with Crippen LogP contribution in [0.2, 0.25) is 0 Å². The number of nitrogens with one attached hydrogen (secondary N) is 1. The number of urea groups is 1. The molecular weight excluding hydrogens is 272 g/mol. The predicted octanol–water partition coefficient (Wildman–Crippen LogP) is 1.82. The van der Waals surface area contributed by atoms with E-state index in [4.69, 9.17) is 5.11 Å². The second-order valence-corrected chi connectivity index (χ2v) is 6.68. The summed E-state index contributed by atoms with van der Waals surface area (Å²) in [6.45, 7) is 6.93. The smallest absolute Gasteiger partial charge is 0.326 e. The molecule has 2 amide bonds. The molecule has 1 rings (SSSR count). The second kappa shape index (κ2) is 7.64. The van der Waals surface area contributed by atoms with Gasteiger partial charge in [0.15, 0.2) is 0 Å². The fourth-order valence-electron chi connectivity index (χ4n) is 2.63. The number of unbranched alkanes of at least 4 members (excludes halogenated alkanes) is 2. The van der Waals surface area contributed by atoms with E-state index < -0.39 is 24.1 Å². The van der Waals surface area contributed by atoms with E-state index in [0.717, 1.165) is 19.3 Å². The normalized spacial score (nSPS) is 22.4. The molecule has 2 atom stereocenters. The van der Waals surface area contributed by atoms with Crippen LogP contribution < -0.4 is 5.32 Å². The van der Waals surface area contributed by atoms with Gasteiger partial charge in [0.2, 0.25) is 0 Å². The van der Waals surface area contributed by atoms with Crippen LogP contribution >= 0.6 is 0 Å². The molecule has 6 heteroatoms. The first-order valence-corrected chi connectivity index (χ1v) is 7.72. The number of β-amino-alcohol motifs (C(OH)–C–C–N with tert-alkyl or cyclic N) is 1. The zero-order valence-corrected chi connectivity index (χ0v) is 13.3. The quantitative estimate of drug-likeness (QED) is 0.626. The topological polar surface area (TPSA) is 89.9 Å². The first-order chi connectivity index (χ1) is 9.76. The third kappa shape index (κ3) is 5.53. The lowest BCUT2D eigenvalue weighted by Crippen LogP contribution is -2.48. The Morgan fingerprint density at radius 2 is 2.00 bits per heavy atom. The highest BCUT2D eigenvalue weighted by molar-refractivity contribution is 5.83. The Morgan fingerprint density at radius 1 is 1.33 bits per heavy atom. The molecule has 1 aliphatic rings. The minimum Gasteiger partial charge on any atom is -0.480 e. The number of amides is 2. The monoisotopic (exact) mass is 300 g/mol. The van der Waals surface area contributed by atoms with Gasteiger partial charge < -0.3 is 20.4 Å². The van der Waals surface area contributed by atoms with Crippen molar-refractivity contribution >= 4 is 12.0 Å². The maximum atomic E-state index is 12.1. The van der Waals surface area contributed by atoms with E-state index in [-0.39, 0.29) is 18.4 Å². The van der Waals surface area contributed by atoms with Gasteiger partial charge in [-0.25, -0.2) is 9.59 Å². The van der Waals surface area contributed by atoms with Crippen LogP contribution in [0.15, 0.2) is 0 Å². The lowest BCUT2D eigenvalue weighted by atomic mass is 9.87. The molecule has 3 N–H and O–H groups in total. The van der Waals surface area contributed by atoms with Gasteiger partial charge in [0.05, 0.1) is 6.10 Å². The van der Waals surface area contributed by atoms with Crippen molar-refractivity contribution in [1.29, 1.82) is 0 Å². The molecule has 1 heterocycles. The number of aliphatic carboxylic acids is 1. The second-order valence-electron chi connectivity index (χ2n) is 6.68. The van der Waals surface area contributed by atoms with Crippen LogP contribution in [0.1, 0.15) is 52.9 Å².